The van der Waals surface area contributed by atoms with Crippen LogP contribution in [0.5, 0.6) is 0 Å². The molecule has 0 aliphatic carbocycles. The van der Waals surface area contributed by atoms with Crippen LogP contribution < -0.4 is 0 Å². The van der Waals surface area contributed by atoms with Crippen molar-refractivity contribution in [1.29, 1.82) is 0 Å². The van der Waals surface area contributed by atoms with Crippen molar-refractivity contribution < 1.29 is 5.11 Å². The fraction of sp³-hybridized carbons (Fsp3) is 0.167. The second-order valence-corrected chi connectivity index (χ2v) is 4.22. The standard InChI is InChI=1S/C12H13BrO/c1-4-9(2)12(3,14)10-5-7-11(13)8-6-10/h4-8,14H,1-2H2,3H3. The molecule has 0 radical (unpaired) electrons. The summed E-state index contributed by atoms with van der Waals surface area (Å²) in [7, 11) is 0. The van der Waals surface area contributed by atoms with Gasteiger partial charge >= 0.3 is 0 Å². The Bertz CT molecular complexity index is 349. The molecule has 1 rings (SSSR count). The molecular weight excluding hydrogens is 240 g/mol. The fourth-order valence-corrected chi connectivity index (χ4v) is 1.42. The van der Waals surface area contributed by atoms with Crippen LogP contribution >= 0.6 is 15.9 Å². The molecule has 1 aromatic rings. The molecule has 1 aromatic carbocycles. The van der Waals surface area contributed by atoms with E-state index in [9.17, 15) is 5.11 Å². The number of halogens is 1. The summed E-state index contributed by atoms with van der Waals surface area (Å²) >= 11 is 3.34. The smallest absolute Gasteiger partial charge is 0.111 e. The molecule has 0 saturated carbocycles. The molecule has 0 heterocycles. The van der Waals surface area contributed by atoms with E-state index < -0.39 is 5.60 Å². The van der Waals surface area contributed by atoms with Crippen LogP contribution in [0.1, 0.15) is 12.5 Å². The van der Waals surface area contributed by atoms with E-state index in [1.54, 1.807) is 13.0 Å². The summed E-state index contributed by atoms with van der Waals surface area (Å²) in [4.78, 5) is 0. The fourth-order valence-electron chi connectivity index (χ4n) is 1.16. The van der Waals surface area contributed by atoms with E-state index in [0.717, 1.165) is 10.0 Å². The van der Waals surface area contributed by atoms with E-state index >= 15 is 0 Å². The van der Waals surface area contributed by atoms with Gasteiger partial charge in [0.05, 0.1) is 0 Å². The second kappa shape index (κ2) is 4.11. The molecule has 1 atom stereocenters. The third-order valence-electron chi connectivity index (χ3n) is 2.28. The first-order chi connectivity index (χ1) is 6.48. The van der Waals surface area contributed by atoms with Crippen molar-refractivity contribution in [3.05, 3.63) is 59.1 Å². The summed E-state index contributed by atoms with van der Waals surface area (Å²) in [5, 5.41) is 10.2. The Morgan fingerprint density at radius 1 is 1.43 bits per heavy atom. The Kier molecular flexibility index (Phi) is 3.29. The van der Waals surface area contributed by atoms with E-state index in [-0.39, 0.29) is 0 Å². The average Bonchev–Trinajstić information content (AvgIpc) is 2.17. The van der Waals surface area contributed by atoms with Gasteiger partial charge in [-0.2, -0.15) is 0 Å². The van der Waals surface area contributed by atoms with E-state index in [0.29, 0.717) is 5.57 Å². The highest BCUT2D eigenvalue weighted by Crippen LogP contribution is 2.29. The first-order valence-electron chi connectivity index (χ1n) is 4.28. The third kappa shape index (κ3) is 2.14. The number of hydrogen-bond donors (Lipinski definition) is 1. The SMILES string of the molecule is C=CC(=C)C(C)(O)c1ccc(Br)cc1. The molecule has 0 saturated heterocycles. The topological polar surface area (TPSA) is 20.2 Å². The summed E-state index contributed by atoms with van der Waals surface area (Å²) in [5.41, 5.74) is 0.369. The summed E-state index contributed by atoms with van der Waals surface area (Å²) in [5.74, 6) is 0. The molecule has 1 N–H and O–H groups in total. The summed E-state index contributed by atoms with van der Waals surface area (Å²) < 4.78 is 0.987. The maximum atomic E-state index is 10.2. The van der Waals surface area contributed by atoms with Crippen LogP contribution in [0.4, 0.5) is 0 Å². The molecule has 1 nitrogen and oxygen atoms in total. The second-order valence-electron chi connectivity index (χ2n) is 3.31. The summed E-state index contributed by atoms with van der Waals surface area (Å²) in [6.07, 6.45) is 1.57. The van der Waals surface area contributed by atoms with Gasteiger partial charge in [0.15, 0.2) is 0 Å². The molecule has 0 fully saturated rings. The normalized spacial score (nSPS) is 14.5. The van der Waals surface area contributed by atoms with Gasteiger partial charge in [-0.3, -0.25) is 0 Å². The number of rotatable bonds is 3. The van der Waals surface area contributed by atoms with Gasteiger partial charge in [0.1, 0.15) is 5.60 Å². The number of hydrogen-bond acceptors (Lipinski definition) is 1. The zero-order chi connectivity index (χ0) is 10.8. The minimum atomic E-state index is -1.04. The van der Waals surface area contributed by atoms with Gasteiger partial charge in [-0.25, -0.2) is 0 Å². The molecule has 74 valence electrons. The Labute approximate surface area is 92.9 Å². The lowest BCUT2D eigenvalue weighted by atomic mass is 9.89. The van der Waals surface area contributed by atoms with Crippen molar-refractivity contribution in [2.24, 2.45) is 0 Å². The van der Waals surface area contributed by atoms with Gasteiger partial charge in [-0.15, -0.1) is 0 Å². The van der Waals surface area contributed by atoms with E-state index in [1.807, 2.05) is 24.3 Å². The van der Waals surface area contributed by atoms with Crippen LogP contribution in [0.15, 0.2) is 53.5 Å². The van der Waals surface area contributed by atoms with Crippen molar-refractivity contribution in [2.75, 3.05) is 0 Å². The Hall–Kier alpha value is -0.860. The highest BCUT2D eigenvalue weighted by atomic mass is 79.9. The molecule has 2 heteroatoms. The molecule has 14 heavy (non-hydrogen) atoms. The van der Waals surface area contributed by atoms with Gasteiger partial charge in [0, 0.05) is 4.47 Å². The number of benzene rings is 1. The summed E-state index contributed by atoms with van der Waals surface area (Å²) in [6, 6.07) is 7.50. The lowest BCUT2D eigenvalue weighted by Gasteiger charge is -2.24. The van der Waals surface area contributed by atoms with Crippen molar-refractivity contribution in [3.8, 4) is 0 Å². The van der Waals surface area contributed by atoms with Gasteiger partial charge in [-0.05, 0) is 30.2 Å². The first-order valence-corrected chi connectivity index (χ1v) is 5.08. The lowest BCUT2D eigenvalue weighted by molar-refractivity contribution is 0.102. The molecule has 0 aliphatic rings. The van der Waals surface area contributed by atoms with Crippen molar-refractivity contribution >= 4 is 15.9 Å². The largest absolute Gasteiger partial charge is 0.381 e. The zero-order valence-electron chi connectivity index (χ0n) is 8.13. The molecule has 0 amide bonds. The van der Waals surface area contributed by atoms with Gasteiger partial charge < -0.3 is 5.11 Å². The minimum absolute atomic E-state index is 0.597. The maximum Gasteiger partial charge on any atom is 0.111 e. The van der Waals surface area contributed by atoms with Crippen molar-refractivity contribution in [2.45, 2.75) is 12.5 Å². The van der Waals surface area contributed by atoms with Gasteiger partial charge in [-0.1, -0.05) is 47.3 Å². The van der Waals surface area contributed by atoms with Crippen LogP contribution in [0.25, 0.3) is 0 Å². The minimum Gasteiger partial charge on any atom is -0.381 e. The van der Waals surface area contributed by atoms with Gasteiger partial charge in [0.25, 0.3) is 0 Å². The molecule has 1 unspecified atom stereocenters. The van der Waals surface area contributed by atoms with Crippen molar-refractivity contribution in [1.82, 2.24) is 0 Å². The predicted molar refractivity (Wildman–Crippen MR) is 63.0 cm³/mol. The molecule has 0 aliphatic heterocycles. The third-order valence-corrected chi connectivity index (χ3v) is 2.81. The van der Waals surface area contributed by atoms with Crippen molar-refractivity contribution in [3.63, 3.8) is 0 Å². The highest BCUT2D eigenvalue weighted by molar-refractivity contribution is 9.10. The molecular formula is C12H13BrO. The van der Waals surface area contributed by atoms with E-state index in [2.05, 4.69) is 29.1 Å². The van der Waals surface area contributed by atoms with Crippen LogP contribution in [-0.4, -0.2) is 5.11 Å². The van der Waals surface area contributed by atoms with Crippen LogP contribution in [-0.2, 0) is 5.60 Å². The van der Waals surface area contributed by atoms with E-state index in [4.69, 9.17) is 0 Å². The molecule has 0 aromatic heterocycles. The van der Waals surface area contributed by atoms with Crippen LogP contribution in [0, 0.1) is 0 Å². The monoisotopic (exact) mass is 252 g/mol. The quantitative estimate of drug-likeness (QED) is 0.818. The predicted octanol–water partition coefficient (Wildman–Crippen LogP) is 3.40. The number of aliphatic hydroxyl groups is 1. The molecule has 0 spiro atoms. The maximum absolute atomic E-state index is 10.2. The highest BCUT2D eigenvalue weighted by Gasteiger charge is 2.24. The Morgan fingerprint density at radius 2 is 1.93 bits per heavy atom. The van der Waals surface area contributed by atoms with Gasteiger partial charge in [0.2, 0.25) is 0 Å². The zero-order valence-corrected chi connectivity index (χ0v) is 9.71. The van der Waals surface area contributed by atoms with Crippen LogP contribution in [0.3, 0.4) is 0 Å². The summed E-state index contributed by atoms with van der Waals surface area (Å²) in [6.45, 7) is 9.07. The van der Waals surface area contributed by atoms with Crippen LogP contribution in [0.2, 0.25) is 0 Å². The lowest BCUT2D eigenvalue weighted by Crippen LogP contribution is -2.22. The Balaban J connectivity index is 3.09. The Morgan fingerprint density at radius 3 is 2.36 bits per heavy atom. The first kappa shape index (κ1) is 11.2. The molecule has 0 bridgehead atoms. The van der Waals surface area contributed by atoms with E-state index in [1.165, 1.54) is 0 Å². The average molecular weight is 253 g/mol.